The van der Waals surface area contributed by atoms with Crippen molar-refractivity contribution in [2.75, 3.05) is 0 Å². The molecular formula is C25H26ClNO3S. The summed E-state index contributed by atoms with van der Waals surface area (Å²) in [4.78, 5) is 40.6. The lowest BCUT2D eigenvalue weighted by Gasteiger charge is -2.30. The maximum Gasteiger partial charge on any atom is 0.255 e. The van der Waals surface area contributed by atoms with Crippen LogP contribution >= 0.6 is 22.9 Å². The van der Waals surface area contributed by atoms with E-state index in [-0.39, 0.29) is 23.5 Å². The van der Waals surface area contributed by atoms with E-state index in [1.165, 1.54) is 0 Å². The van der Waals surface area contributed by atoms with E-state index in [1.54, 1.807) is 16.2 Å². The van der Waals surface area contributed by atoms with E-state index < -0.39 is 0 Å². The van der Waals surface area contributed by atoms with E-state index in [2.05, 4.69) is 6.58 Å². The molecule has 1 unspecified atom stereocenters. The lowest BCUT2D eigenvalue weighted by atomic mass is 9.89. The van der Waals surface area contributed by atoms with Gasteiger partial charge in [-0.25, -0.2) is 0 Å². The van der Waals surface area contributed by atoms with Gasteiger partial charge in [-0.3, -0.25) is 14.4 Å². The Morgan fingerprint density at radius 1 is 1.26 bits per heavy atom. The molecule has 0 radical (unpaired) electrons. The van der Waals surface area contributed by atoms with Crippen LogP contribution in [0.1, 0.15) is 64.0 Å². The quantitative estimate of drug-likeness (QED) is 0.519. The molecule has 1 aliphatic heterocycles. The van der Waals surface area contributed by atoms with Crippen LogP contribution in [0.25, 0.3) is 0 Å². The molecule has 4 rings (SSSR count). The van der Waals surface area contributed by atoms with Crippen LogP contribution in [0.15, 0.2) is 35.7 Å². The monoisotopic (exact) mass is 455 g/mol. The zero-order valence-electron chi connectivity index (χ0n) is 17.7. The van der Waals surface area contributed by atoms with Crippen LogP contribution in [0.5, 0.6) is 0 Å². The highest BCUT2D eigenvalue weighted by Gasteiger charge is 2.39. The van der Waals surface area contributed by atoms with Gasteiger partial charge in [0, 0.05) is 41.1 Å². The Labute approximate surface area is 191 Å². The summed E-state index contributed by atoms with van der Waals surface area (Å²) in [5.74, 6) is 0.248. The van der Waals surface area contributed by atoms with Gasteiger partial charge < -0.3 is 4.90 Å². The van der Waals surface area contributed by atoms with Crippen LogP contribution in [-0.2, 0) is 29.0 Å². The van der Waals surface area contributed by atoms with Gasteiger partial charge in [0.2, 0.25) is 0 Å². The maximum absolute atomic E-state index is 12.9. The van der Waals surface area contributed by atoms with Gasteiger partial charge in [-0.05, 0) is 55.4 Å². The second kappa shape index (κ2) is 9.09. The Morgan fingerprint density at radius 3 is 2.77 bits per heavy atom. The van der Waals surface area contributed by atoms with E-state index in [1.807, 2.05) is 30.5 Å². The SMILES string of the molecule is C=C1CCC(N2Cc3c(csc3CCC(=O)CCc3ccc(C)c(Cl)c3)C2=O)C(=O)C1. The minimum absolute atomic E-state index is 0.0501. The summed E-state index contributed by atoms with van der Waals surface area (Å²) in [6.45, 7) is 6.35. The number of rotatable bonds is 7. The largest absolute Gasteiger partial charge is 0.324 e. The first-order valence-electron chi connectivity index (χ1n) is 10.7. The fourth-order valence-corrected chi connectivity index (χ4v) is 5.61. The van der Waals surface area contributed by atoms with Gasteiger partial charge >= 0.3 is 0 Å². The molecule has 1 saturated carbocycles. The number of aryl methyl sites for hydroxylation is 3. The number of allylic oxidation sites excluding steroid dienone is 1. The van der Waals surface area contributed by atoms with Crippen LogP contribution in [0.2, 0.25) is 5.02 Å². The first kappa shape index (κ1) is 22.0. The Morgan fingerprint density at radius 2 is 2.03 bits per heavy atom. The van der Waals surface area contributed by atoms with E-state index in [0.29, 0.717) is 50.6 Å². The minimum atomic E-state index is -0.341. The van der Waals surface area contributed by atoms with Crippen molar-refractivity contribution in [3.05, 3.63) is 67.9 Å². The van der Waals surface area contributed by atoms with Gasteiger partial charge in [0.05, 0.1) is 11.6 Å². The summed E-state index contributed by atoms with van der Waals surface area (Å²) in [5.41, 5.74) is 4.77. The molecule has 162 valence electrons. The third-order valence-corrected chi connectivity index (χ3v) is 7.80. The fourth-order valence-electron chi connectivity index (χ4n) is 4.37. The number of ketones is 2. The molecule has 1 aromatic carbocycles. The van der Waals surface area contributed by atoms with Gasteiger partial charge in [0.1, 0.15) is 5.78 Å². The minimum Gasteiger partial charge on any atom is -0.324 e. The summed E-state index contributed by atoms with van der Waals surface area (Å²) in [6, 6.07) is 5.58. The molecular weight excluding hydrogens is 430 g/mol. The highest BCUT2D eigenvalue weighted by atomic mass is 35.5. The predicted octanol–water partition coefficient (Wildman–Crippen LogP) is 5.48. The van der Waals surface area contributed by atoms with Crippen LogP contribution in [0.4, 0.5) is 0 Å². The highest BCUT2D eigenvalue weighted by Crippen LogP contribution is 2.36. The summed E-state index contributed by atoms with van der Waals surface area (Å²) in [5, 5.41) is 2.62. The second-order valence-corrected chi connectivity index (χ2v) is 9.93. The summed E-state index contributed by atoms with van der Waals surface area (Å²) < 4.78 is 0. The first-order valence-corrected chi connectivity index (χ1v) is 12.0. The van der Waals surface area contributed by atoms with Crippen LogP contribution in [0, 0.1) is 6.92 Å². The van der Waals surface area contributed by atoms with E-state index in [4.69, 9.17) is 11.6 Å². The molecule has 2 aromatic rings. The number of hydrogen-bond donors (Lipinski definition) is 0. The number of thiophene rings is 1. The number of benzene rings is 1. The molecule has 0 N–H and O–H groups in total. The Kier molecular flexibility index (Phi) is 6.44. The van der Waals surface area contributed by atoms with E-state index in [9.17, 15) is 14.4 Å². The molecule has 31 heavy (non-hydrogen) atoms. The van der Waals surface area contributed by atoms with Gasteiger partial charge in [-0.15, -0.1) is 11.3 Å². The van der Waals surface area contributed by atoms with Crippen molar-refractivity contribution in [2.45, 2.75) is 64.5 Å². The van der Waals surface area contributed by atoms with Crippen LogP contribution in [0.3, 0.4) is 0 Å². The summed E-state index contributed by atoms with van der Waals surface area (Å²) >= 11 is 7.72. The Balaban J connectivity index is 1.33. The summed E-state index contributed by atoms with van der Waals surface area (Å²) in [7, 11) is 0. The van der Waals surface area contributed by atoms with E-state index >= 15 is 0 Å². The molecule has 2 heterocycles. The number of carbonyl (C=O) groups is 3. The van der Waals surface area contributed by atoms with Crippen molar-refractivity contribution < 1.29 is 14.4 Å². The molecule has 1 atom stereocenters. The topological polar surface area (TPSA) is 54.5 Å². The molecule has 6 heteroatoms. The molecule has 2 aliphatic rings. The van der Waals surface area contributed by atoms with Gasteiger partial charge in [-0.1, -0.05) is 35.9 Å². The smallest absolute Gasteiger partial charge is 0.255 e. The number of halogens is 1. The average molecular weight is 456 g/mol. The van der Waals surface area contributed by atoms with Gasteiger partial charge in [0.25, 0.3) is 5.91 Å². The number of hydrogen-bond acceptors (Lipinski definition) is 4. The Hall–Kier alpha value is -2.24. The molecule has 1 amide bonds. The van der Waals surface area contributed by atoms with Crippen LogP contribution < -0.4 is 0 Å². The van der Waals surface area contributed by atoms with Crippen molar-refractivity contribution >= 4 is 40.4 Å². The predicted molar refractivity (Wildman–Crippen MR) is 124 cm³/mol. The maximum atomic E-state index is 12.9. The lowest BCUT2D eigenvalue weighted by Crippen LogP contribution is -2.43. The second-order valence-electron chi connectivity index (χ2n) is 8.55. The summed E-state index contributed by atoms with van der Waals surface area (Å²) in [6.07, 6.45) is 4.09. The third kappa shape index (κ3) is 4.68. The number of amides is 1. The fraction of sp³-hybridized carbons (Fsp3) is 0.400. The third-order valence-electron chi connectivity index (χ3n) is 6.30. The van der Waals surface area contributed by atoms with Crippen molar-refractivity contribution in [3.8, 4) is 0 Å². The van der Waals surface area contributed by atoms with Crippen molar-refractivity contribution in [1.29, 1.82) is 0 Å². The number of carbonyl (C=O) groups excluding carboxylic acids is 3. The first-order chi connectivity index (χ1) is 14.8. The number of Topliss-reactive ketones (excluding diaryl/α,β-unsaturated/α-hetero) is 2. The van der Waals surface area contributed by atoms with Gasteiger partial charge in [-0.2, -0.15) is 0 Å². The number of fused-ring (bicyclic) bond motifs is 1. The highest BCUT2D eigenvalue weighted by molar-refractivity contribution is 7.10. The molecule has 1 fully saturated rings. The lowest BCUT2D eigenvalue weighted by molar-refractivity contribution is -0.124. The molecule has 4 nitrogen and oxygen atoms in total. The molecule has 1 aliphatic carbocycles. The molecule has 0 bridgehead atoms. The molecule has 1 aromatic heterocycles. The average Bonchev–Trinajstić information content (AvgIpc) is 3.27. The van der Waals surface area contributed by atoms with Crippen molar-refractivity contribution in [3.63, 3.8) is 0 Å². The van der Waals surface area contributed by atoms with Crippen molar-refractivity contribution in [2.24, 2.45) is 0 Å². The standard InChI is InChI=1S/C25H26ClNO3S/c1-15-3-9-22(23(29)11-15)27-13-19-20(25(27)30)14-31-24(19)10-8-18(28)7-6-17-5-4-16(2)21(26)12-17/h4-5,12,14,22H,1,3,6-11,13H2,2H3. The zero-order valence-corrected chi connectivity index (χ0v) is 19.3. The van der Waals surface area contributed by atoms with Crippen molar-refractivity contribution in [1.82, 2.24) is 4.90 Å². The normalized spacial score (nSPS) is 18.6. The molecule has 0 saturated heterocycles. The van der Waals surface area contributed by atoms with E-state index in [0.717, 1.165) is 38.6 Å². The van der Waals surface area contributed by atoms with Crippen LogP contribution in [-0.4, -0.2) is 28.4 Å². The van der Waals surface area contributed by atoms with Gasteiger partial charge in [0.15, 0.2) is 5.78 Å². The molecule has 0 spiro atoms. The number of nitrogens with zero attached hydrogens (tertiary/aromatic N) is 1. The zero-order chi connectivity index (χ0) is 22.1. The Bertz CT molecular complexity index is 1070.